The van der Waals surface area contributed by atoms with Crippen molar-refractivity contribution in [1.29, 1.82) is 0 Å². The van der Waals surface area contributed by atoms with Crippen molar-refractivity contribution in [2.24, 2.45) is 4.99 Å². The first-order valence-corrected chi connectivity index (χ1v) is 7.03. The van der Waals surface area contributed by atoms with Gasteiger partial charge in [0.2, 0.25) is 0 Å². The molecule has 2 N–H and O–H groups in total. The van der Waals surface area contributed by atoms with Gasteiger partial charge in [0.1, 0.15) is 0 Å². The summed E-state index contributed by atoms with van der Waals surface area (Å²) in [6, 6.07) is 10.4. The largest absolute Gasteiger partial charge is 0.383 e. The van der Waals surface area contributed by atoms with Crippen molar-refractivity contribution in [3.8, 4) is 0 Å². The van der Waals surface area contributed by atoms with Gasteiger partial charge in [0, 0.05) is 38.3 Å². The summed E-state index contributed by atoms with van der Waals surface area (Å²) in [5.74, 6) is 0.764. The molecule has 0 aliphatic heterocycles. The molecule has 0 bridgehead atoms. The Bertz CT molecular complexity index is 613. The molecule has 0 amide bonds. The predicted octanol–water partition coefficient (Wildman–Crippen LogP) is 2.55. The normalized spacial score (nSPS) is 12.6. The fourth-order valence-electron chi connectivity index (χ4n) is 2.21. The number of rotatable bonds is 5. The summed E-state index contributed by atoms with van der Waals surface area (Å²) < 4.78 is 5.12. The number of benzene rings is 1. The minimum absolute atomic E-state index is 0. The molecule has 120 valence electrons. The van der Waals surface area contributed by atoms with Crippen molar-refractivity contribution in [3.63, 3.8) is 0 Å². The number of aliphatic imine (C=N–C) groups is 1. The van der Waals surface area contributed by atoms with Gasteiger partial charge in [-0.1, -0.05) is 18.2 Å². The number of hydrogen-bond donors (Lipinski definition) is 2. The van der Waals surface area contributed by atoms with Crippen LogP contribution in [0.1, 0.15) is 12.5 Å². The molecule has 0 spiro atoms. The molecule has 1 heterocycles. The van der Waals surface area contributed by atoms with Gasteiger partial charge >= 0.3 is 0 Å². The topological polar surface area (TPSA) is 58.5 Å². The third-order valence-corrected chi connectivity index (χ3v) is 3.21. The Morgan fingerprint density at radius 3 is 2.82 bits per heavy atom. The molecule has 2 rings (SSSR count). The van der Waals surface area contributed by atoms with Crippen LogP contribution in [-0.2, 0) is 11.3 Å². The number of hydrogen-bond acceptors (Lipinski definition) is 3. The lowest BCUT2D eigenvalue weighted by molar-refractivity contribution is 0.179. The predicted molar refractivity (Wildman–Crippen MR) is 102 cm³/mol. The molecule has 2 aromatic rings. The molecule has 1 atom stereocenters. The minimum Gasteiger partial charge on any atom is -0.383 e. The maximum atomic E-state index is 5.12. The highest BCUT2D eigenvalue weighted by molar-refractivity contribution is 14.0. The quantitative estimate of drug-likeness (QED) is 0.449. The second kappa shape index (κ2) is 9.58. The molecule has 0 aliphatic rings. The lowest BCUT2D eigenvalue weighted by Crippen LogP contribution is -2.43. The smallest absolute Gasteiger partial charge is 0.191 e. The second-order valence-electron chi connectivity index (χ2n) is 4.91. The molecule has 0 aliphatic carbocycles. The number of ether oxygens (including phenoxy) is 1. The number of halogens is 1. The molecular formula is C16H23IN4O. The van der Waals surface area contributed by atoms with E-state index in [9.17, 15) is 0 Å². The van der Waals surface area contributed by atoms with Crippen LogP contribution in [0.25, 0.3) is 10.9 Å². The van der Waals surface area contributed by atoms with E-state index in [4.69, 9.17) is 4.74 Å². The van der Waals surface area contributed by atoms with E-state index >= 15 is 0 Å². The van der Waals surface area contributed by atoms with Gasteiger partial charge in [-0.15, -0.1) is 24.0 Å². The molecule has 1 unspecified atom stereocenters. The summed E-state index contributed by atoms with van der Waals surface area (Å²) in [7, 11) is 3.46. The van der Waals surface area contributed by atoms with Crippen LogP contribution in [0.4, 0.5) is 0 Å². The fraction of sp³-hybridized carbons (Fsp3) is 0.375. The molecule has 0 fully saturated rings. The first kappa shape index (κ1) is 18.6. The van der Waals surface area contributed by atoms with E-state index in [1.54, 1.807) is 14.2 Å². The van der Waals surface area contributed by atoms with Crippen molar-refractivity contribution in [2.45, 2.75) is 19.5 Å². The van der Waals surface area contributed by atoms with E-state index in [1.165, 1.54) is 5.56 Å². The van der Waals surface area contributed by atoms with Crippen molar-refractivity contribution >= 4 is 40.8 Å². The zero-order valence-corrected chi connectivity index (χ0v) is 15.5. The number of guanidine groups is 1. The third kappa shape index (κ3) is 5.10. The molecule has 0 saturated heterocycles. The highest BCUT2D eigenvalue weighted by atomic mass is 127. The van der Waals surface area contributed by atoms with Crippen molar-refractivity contribution < 1.29 is 4.74 Å². The van der Waals surface area contributed by atoms with Gasteiger partial charge in [0.25, 0.3) is 0 Å². The van der Waals surface area contributed by atoms with Gasteiger partial charge in [0.05, 0.1) is 12.1 Å². The number of aromatic nitrogens is 1. The molecule has 22 heavy (non-hydrogen) atoms. The fourth-order valence-corrected chi connectivity index (χ4v) is 2.21. The maximum absolute atomic E-state index is 5.12. The summed E-state index contributed by atoms with van der Waals surface area (Å²) in [6.45, 7) is 3.39. The van der Waals surface area contributed by atoms with Crippen LogP contribution < -0.4 is 10.6 Å². The molecule has 6 heteroatoms. The Kier molecular flexibility index (Phi) is 8.11. The zero-order valence-electron chi connectivity index (χ0n) is 13.2. The summed E-state index contributed by atoms with van der Waals surface area (Å²) in [6.07, 6.45) is 1.84. The number of pyridine rings is 1. The third-order valence-electron chi connectivity index (χ3n) is 3.21. The molecule has 1 aromatic carbocycles. The summed E-state index contributed by atoms with van der Waals surface area (Å²) in [5.41, 5.74) is 2.20. The summed E-state index contributed by atoms with van der Waals surface area (Å²) in [5, 5.41) is 7.77. The Labute approximate surface area is 148 Å². The van der Waals surface area contributed by atoms with E-state index in [1.807, 2.05) is 30.5 Å². The highest BCUT2D eigenvalue weighted by Crippen LogP contribution is 2.15. The van der Waals surface area contributed by atoms with Crippen LogP contribution >= 0.6 is 24.0 Å². The summed E-state index contributed by atoms with van der Waals surface area (Å²) >= 11 is 0. The van der Waals surface area contributed by atoms with Gasteiger partial charge < -0.3 is 15.4 Å². The van der Waals surface area contributed by atoms with Gasteiger partial charge in [-0.25, -0.2) is 0 Å². The van der Waals surface area contributed by atoms with Gasteiger partial charge in [0.15, 0.2) is 5.96 Å². The lowest BCUT2D eigenvalue weighted by atomic mass is 10.1. The van der Waals surface area contributed by atoms with Crippen LogP contribution in [0.5, 0.6) is 0 Å². The van der Waals surface area contributed by atoms with Crippen molar-refractivity contribution in [3.05, 3.63) is 42.1 Å². The van der Waals surface area contributed by atoms with E-state index in [0.29, 0.717) is 13.2 Å². The number of methoxy groups -OCH3 is 1. The van der Waals surface area contributed by atoms with Gasteiger partial charge in [-0.05, 0) is 24.6 Å². The summed E-state index contributed by atoms with van der Waals surface area (Å²) in [4.78, 5) is 8.60. The van der Waals surface area contributed by atoms with E-state index in [2.05, 4.69) is 33.6 Å². The lowest BCUT2D eigenvalue weighted by Gasteiger charge is -2.17. The molecule has 5 nitrogen and oxygen atoms in total. The Balaban J connectivity index is 0.00000242. The van der Waals surface area contributed by atoms with E-state index in [-0.39, 0.29) is 30.0 Å². The minimum atomic E-state index is 0. The molecular weight excluding hydrogens is 391 g/mol. The zero-order chi connectivity index (χ0) is 15.1. The van der Waals surface area contributed by atoms with Crippen LogP contribution in [0.2, 0.25) is 0 Å². The first-order valence-electron chi connectivity index (χ1n) is 7.03. The van der Waals surface area contributed by atoms with Crippen LogP contribution in [-0.4, -0.2) is 37.7 Å². The van der Waals surface area contributed by atoms with Crippen LogP contribution in [0.3, 0.4) is 0 Å². The first-order chi connectivity index (χ1) is 10.2. The average molecular weight is 414 g/mol. The Morgan fingerprint density at radius 2 is 2.09 bits per heavy atom. The SMILES string of the molecule is CN=C(NCc1ccnc2ccccc12)NC(C)COC.I. The second-order valence-corrected chi connectivity index (χ2v) is 4.91. The monoisotopic (exact) mass is 414 g/mol. The van der Waals surface area contributed by atoms with Crippen molar-refractivity contribution in [2.75, 3.05) is 20.8 Å². The molecule has 1 aromatic heterocycles. The Morgan fingerprint density at radius 1 is 1.32 bits per heavy atom. The average Bonchev–Trinajstić information content (AvgIpc) is 2.51. The highest BCUT2D eigenvalue weighted by Gasteiger charge is 2.06. The van der Waals surface area contributed by atoms with Crippen molar-refractivity contribution in [1.82, 2.24) is 15.6 Å². The standard InChI is InChI=1S/C16H22N4O.HI/c1-12(11-21-3)20-16(17-2)19-10-13-8-9-18-15-7-5-4-6-14(13)15;/h4-9,12H,10-11H2,1-3H3,(H2,17,19,20);1H. The van der Waals surface area contributed by atoms with Gasteiger partial charge in [-0.2, -0.15) is 0 Å². The van der Waals surface area contributed by atoms with E-state index < -0.39 is 0 Å². The number of nitrogens with zero attached hydrogens (tertiary/aromatic N) is 2. The molecule has 0 radical (unpaired) electrons. The number of para-hydroxylation sites is 1. The number of nitrogens with one attached hydrogen (secondary N) is 2. The maximum Gasteiger partial charge on any atom is 0.191 e. The van der Waals surface area contributed by atoms with Gasteiger partial charge in [-0.3, -0.25) is 9.98 Å². The van der Waals surface area contributed by atoms with E-state index in [0.717, 1.165) is 16.9 Å². The number of fused-ring (bicyclic) bond motifs is 1. The van der Waals surface area contributed by atoms with Crippen LogP contribution in [0, 0.1) is 0 Å². The van der Waals surface area contributed by atoms with Crippen LogP contribution in [0.15, 0.2) is 41.5 Å². The Hall–Kier alpha value is -1.41. The molecule has 0 saturated carbocycles.